The number of hydrogen-bond acceptors (Lipinski definition) is 6. The average Bonchev–Trinajstić information content (AvgIpc) is 3.71. The number of epoxide rings is 1. The van der Waals surface area contributed by atoms with Crippen LogP contribution in [0.25, 0.3) is 0 Å². The van der Waals surface area contributed by atoms with Crippen molar-refractivity contribution in [1.29, 1.82) is 0 Å². The molecule has 4 atom stereocenters. The van der Waals surface area contributed by atoms with Gasteiger partial charge < -0.3 is 19.3 Å². The van der Waals surface area contributed by atoms with Gasteiger partial charge in [0.05, 0.1) is 18.8 Å². The van der Waals surface area contributed by atoms with Crippen molar-refractivity contribution < 1.29 is 28.9 Å². The maximum absolute atomic E-state index is 12.1. The molecule has 0 spiro atoms. The van der Waals surface area contributed by atoms with Crippen LogP contribution in [0.1, 0.15) is 156 Å². The molecule has 6 heteroatoms. The van der Waals surface area contributed by atoms with Gasteiger partial charge >= 0.3 is 11.9 Å². The number of carbonyl (C=O) groups excluding carboxylic acids is 2. The maximum Gasteiger partial charge on any atom is 0.306 e. The molecule has 0 radical (unpaired) electrons. The molecule has 3 unspecified atom stereocenters. The summed E-state index contributed by atoms with van der Waals surface area (Å²) in [6.45, 7) is 6.38. The third-order valence-corrected chi connectivity index (χ3v) is 8.02. The standard InChI is InChI=1S/C34H62O6/c1-4-6-17-23-31-32(40-31)24-19-14-9-7-8-10-15-20-25-33(36)38-28-30(27-35)39-34(37)26-21-16-12-11-13-18-22-29(3)5-2/h14,19,29-32,35H,4-13,15-18,20-28H2,1-3H3/b19-14-/t29?,30-,31?,32?/m0/s1. The Balaban J connectivity index is 1.91. The van der Waals surface area contributed by atoms with E-state index in [1.807, 2.05) is 0 Å². The summed E-state index contributed by atoms with van der Waals surface area (Å²) >= 11 is 0. The van der Waals surface area contributed by atoms with Gasteiger partial charge in [-0.25, -0.2) is 0 Å². The van der Waals surface area contributed by atoms with Crippen LogP contribution >= 0.6 is 0 Å². The van der Waals surface area contributed by atoms with Gasteiger partial charge in [0, 0.05) is 12.8 Å². The Morgan fingerprint density at radius 1 is 0.800 bits per heavy atom. The molecule has 0 saturated carbocycles. The highest BCUT2D eigenvalue weighted by molar-refractivity contribution is 5.70. The van der Waals surface area contributed by atoms with Gasteiger partial charge in [-0.05, 0) is 44.4 Å². The Morgan fingerprint density at radius 2 is 1.45 bits per heavy atom. The molecule has 1 N–H and O–H groups in total. The first-order chi connectivity index (χ1) is 19.5. The molecule has 1 fully saturated rings. The highest BCUT2D eigenvalue weighted by Crippen LogP contribution is 2.30. The Morgan fingerprint density at radius 3 is 2.12 bits per heavy atom. The first-order valence-electron chi connectivity index (χ1n) is 16.8. The van der Waals surface area contributed by atoms with Gasteiger partial charge in [-0.2, -0.15) is 0 Å². The Kier molecular flexibility index (Phi) is 23.2. The van der Waals surface area contributed by atoms with E-state index in [9.17, 15) is 14.7 Å². The summed E-state index contributed by atoms with van der Waals surface area (Å²) in [7, 11) is 0. The van der Waals surface area contributed by atoms with Gasteiger partial charge in [-0.15, -0.1) is 0 Å². The summed E-state index contributed by atoms with van der Waals surface area (Å²) in [4.78, 5) is 24.1. The second kappa shape index (κ2) is 25.3. The van der Waals surface area contributed by atoms with Crippen LogP contribution in [0, 0.1) is 5.92 Å². The third kappa shape index (κ3) is 21.4. The highest BCUT2D eigenvalue weighted by atomic mass is 16.6. The molecule has 40 heavy (non-hydrogen) atoms. The van der Waals surface area contributed by atoms with E-state index in [1.54, 1.807) is 0 Å². The zero-order valence-electron chi connectivity index (χ0n) is 26.2. The van der Waals surface area contributed by atoms with Crippen molar-refractivity contribution in [3.05, 3.63) is 12.2 Å². The highest BCUT2D eigenvalue weighted by Gasteiger charge is 2.36. The smallest absolute Gasteiger partial charge is 0.306 e. The normalized spacial score (nSPS) is 18.1. The van der Waals surface area contributed by atoms with E-state index >= 15 is 0 Å². The molecule has 0 aliphatic carbocycles. The SMILES string of the molecule is CCCCCC1OC1C/C=C\CCCCCCCC(=O)OC[C@H](CO)OC(=O)CCCCCCCCC(C)CC. The lowest BCUT2D eigenvalue weighted by Gasteiger charge is -2.15. The number of ether oxygens (including phenoxy) is 3. The van der Waals surface area contributed by atoms with Crippen LogP contribution in [0.15, 0.2) is 12.2 Å². The quantitative estimate of drug-likeness (QED) is 0.0441. The zero-order valence-corrected chi connectivity index (χ0v) is 26.2. The maximum atomic E-state index is 12.1. The summed E-state index contributed by atoms with van der Waals surface area (Å²) < 4.78 is 16.3. The topological polar surface area (TPSA) is 85.4 Å². The Labute approximate surface area is 246 Å². The molecule has 6 nitrogen and oxygen atoms in total. The Hall–Kier alpha value is -1.40. The van der Waals surface area contributed by atoms with Crippen molar-refractivity contribution in [2.45, 2.75) is 174 Å². The minimum atomic E-state index is -0.775. The number of esters is 2. The number of aliphatic hydroxyl groups is 1. The van der Waals surface area contributed by atoms with Gasteiger partial charge in [0.2, 0.25) is 0 Å². The molecule has 1 aliphatic rings. The third-order valence-electron chi connectivity index (χ3n) is 8.02. The van der Waals surface area contributed by atoms with Crippen molar-refractivity contribution >= 4 is 11.9 Å². The molecule has 0 aromatic heterocycles. The number of aliphatic hydroxyl groups excluding tert-OH is 1. The molecule has 1 saturated heterocycles. The lowest BCUT2D eigenvalue weighted by Crippen LogP contribution is -2.28. The monoisotopic (exact) mass is 566 g/mol. The summed E-state index contributed by atoms with van der Waals surface area (Å²) in [5.74, 6) is 0.207. The van der Waals surface area contributed by atoms with Crippen LogP contribution < -0.4 is 0 Å². The van der Waals surface area contributed by atoms with Crippen LogP contribution in [0.2, 0.25) is 0 Å². The largest absolute Gasteiger partial charge is 0.462 e. The van der Waals surface area contributed by atoms with Crippen molar-refractivity contribution in [1.82, 2.24) is 0 Å². The van der Waals surface area contributed by atoms with Gasteiger partial charge in [0.1, 0.15) is 6.61 Å². The van der Waals surface area contributed by atoms with Crippen molar-refractivity contribution in [2.75, 3.05) is 13.2 Å². The van der Waals surface area contributed by atoms with E-state index in [1.165, 1.54) is 70.6 Å². The fourth-order valence-corrected chi connectivity index (χ4v) is 4.95. The van der Waals surface area contributed by atoms with Crippen LogP contribution in [-0.4, -0.2) is 48.6 Å². The molecule has 1 rings (SSSR count). The first-order valence-corrected chi connectivity index (χ1v) is 16.8. The average molecular weight is 567 g/mol. The molecule has 0 aromatic carbocycles. The second-order valence-electron chi connectivity index (χ2n) is 11.9. The second-order valence-corrected chi connectivity index (χ2v) is 11.9. The molecular formula is C34H62O6. The van der Waals surface area contributed by atoms with E-state index in [0.717, 1.165) is 57.3 Å². The minimum absolute atomic E-state index is 0.0744. The van der Waals surface area contributed by atoms with E-state index < -0.39 is 6.10 Å². The zero-order chi connectivity index (χ0) is 29.3. The molecule has 1 aliphatic heterocycles. The number of unbranched alkanes of at least 4 members (excludes halogenated alkanes) is 12. The van der Waals surface area contributed by atoms with Crippen molar-refractivity contribution in [3.8, 4) is 0 Å². The number of allylic oxidation sites excluding steroid dienone is 1. The van der Waals surface area contributed by atoms with Gasteiger partial charge in [-0.3, -0.25) is 9.59 Å². The number of carbonyl (C=O) groups is 2. The lowest BCUT2D eigenvalue weighted by molar-refractivity contribution is -0.161. The number of hydrogen-bond donors (Lipinski definition) is 1. The van der Waals surface area contributed by atoms with E-state index in [-0.39, 0.29) is 25.2 Å². The van der Waals surface area contributed by atoms with E-state index in [2.05, 4.69) is 32.9 Å². The van der Waals surface area contributed by atoms with Crippen LogP contribution in [0.5, 0.6) is 0 Å². The summed E-state index contributed by atoms with van der Waals surface area (Å²) in [5.41, 5.74) is 0. The minimum Gasteiger partial charge on any atom is -0.462 e. The summed E-state index contributed by atoms with van der Waals surface area (Å²) in [5, 5.41) is 9.49. The summed E-state index contributed by atoms with van der Waals surface area (Å²) in [6, 6.07) is 0. The van der Waals surface area contributed by atoms with Gasteiger partial charge in [0.25, 0.3) is 0 Å². The molecule has 0 amide bonds. The van der Waals surface area contributed by atoms with Crippen LogP contribution in [-0.2, 0) is 23.8 Å². The molecule has 1 heterocycles. The number of rotatable bonds is 28. The summed E-state index contributed by atoms with van der Waals surface area (Å²) in [6.07, 6.45) is 27.3. The fourth-order valence-electron chi connectivity index (χ4n) is 4.95. The van der Waals surface area contributed by atoms with E-state index in [0.29, 0.717) is 25.0 Å². The lowest BCUT2D eigenvalue weighted by atomic mass is 10.00. The predicted molar refractivity (Wildman–Crippen MR) is 163 cm³/mol. The molecule has 0 bridgehead atoms. The van der Waals surface area contributed by atoms with Crippen molar-refractivity contribution in [2.24, 2.45) is 5.92 Å². The van der Waals surface area contributed by atoms with Crippen LogP contribution in [0.3, 0.4) is 0 Å². The van der Waals surface area contributed by atoms with E-state index in [4.69, 9.17) is 14.2 Å². The van der Waals surface area contributed by atoms with Crippen LogP contribution in [0.4, 0.5) is 0 Å². The fraction of sp³-hybridized carbons (Fsp3) is 0.882. The predicted octanol–water partition coefficient (Wildman–Crippen LogP) is 8.63. The molecular weight excluding hydrogens is 504 g/mol. The van der Waals surface area contributed by atoms with Gasteiger partial charge in [-0.1, -0.05) is 116 Å². The first kappa shape index (κ1) is 36.6. The Bertz CT molecular complexity index is 648. The molecule has 0 aromatic rings. The molecule has 234 valence electrons. The van der Waals surface area contributed by atoms with Crippen molar-refractivity contribution in [3.63, 3.8) is 0 Å². The van der Waals surface area contributed by atoms with Gasteiger partial charge in [0.15, 0.2) is 6.10 Å².